The lowest BCUT2D eigenvalue weighted by atomic mass is 9.96. The van der Waals surface area contributed by atoms with Crippen molar-refractivity contribution in [3.05, 3.63) is 0 Å². The summed E-state index contributed by atoms with van der Waals surface area (Å²) in [7, 11) is 0. The van der Waals surface area contributed by atoms with Gasteiger partial charge in [-0.15, -0.1) is 0 Å². The van der Waals surface area contributed by atoms with Crippen molar-refractivity contribution >= 4 is 0 Å². The van der Waals surface area contributed by atoms with E-state index in [1.165, 1.54) is 32.1 Å². The average Bonchev–Trinajstić information content (AvgIpc) is 2.56. The third-order valence-corrected chi connectivity index (χ3v) is 2.56. The van der Waals surface area contributed by atoms with Crippen molar-refractivity contribution in [3.63, 3.8) is 0 Å². The Labute approximate surface area is 93.5 Å². The van der Waals surface area contributed by atoms with Crippen LogP contribution in [0.3, 0.4) is 0 Å². The Hall–Kier alpha value is 0. The molecular weight excluding hydrogens is 168 g/mol. The van der Waals surface area contributed by atoms with Crippen LogP contribution in [0.1, 0.15) is 81.1 Å². The highest BCUT2D eigenvalue weighted by atomic mass is 14.3. The highest BCUT2D eigenvalue weighted by molar-refractivity contribution is 4.72. The lowest BCUT2D eigenvalue weighted by Gasteiger charge is -2.10. The number of hydrogen-bond donors (Lipinski definition) is 0. The molecule has 0 aromatic rings. The third-order valence-electron chi connectivity index (χ3n) is 2.56. The fourth-order valence-corrected chi connectivity index (χ4v) is 1.83. The summed E-state index contributed by atoms with van der Waals surface area (Å²) in [6.45, 7) is 13.0. The summed E-state index contributed by atoms with van der Waals surface area (Å²) in [5, 5.41) is 0. The Kier molecular flexibility index (Phi) is 21.6. The van der Waals surface area contributed by atoms with Gasteiger partial charge in [-0.3, -0.25) is 0 Å². The van der Waals surface area contributed by atoms with Crippen LogP contribution in [0.5, 0.6) is 0 Å². The first-order valence-corrected chi connectivity index (χ1v) is 6.26. The predicted molar refractivity (Wildman–Crippen MR) is 70.8 cm³/mol. The molecular formula is C14H34. The maximum atomic E-state index is 2.39. The fourth-order valence-electron chi connectivity index (χ4n) is 1.83. The smallest absolute Gasteiger partial charge is 0.0391 e. The minimum Gasteiger partial charge on any atom is -0.0776 e. The van der Waals surface area contributed by atoms with E-state index in [9.17, 15) is 0 Å². The van der Waals surface area contributed by atoms with E-state index in [2.05, 4.69) is 27.7 Å². The molecule has 1 aliphatic rings. The molecule has 90 valence electrons. The van der Waals surface area contributed by atoms with Gasteiger partial charge in [0.15, 0.2) is 0 Å². The molecule has 0 heterocycles. The van der Waals surface area contributed by atoms with Crippen molar-refractivity contribution in [2.75, 3.05) is 0 Å². The minimum atomic E-state index is 0. The van der Waals surface area contributed by atoms with Crippen LogP contribution in [-0.2, 0) is 0 Å². The molecule has 0 N–H and O–H groups in total. The van der Waals surface area contributed by atoms with Crippen LogP contribution in [0, 0.1) is 11.8 Å². The SMILES string of the molecule is C.CC.CCC.CCC1CCCC1C. The molecule has 0 spiro atoms. The molecule has 0 nitrogen and oxygen atoms in total. The van der Waals surface area contributed by atoms with E-state index >= 15 is 0 Å². The molecule has 0 aromatic heterocycles. The Balaban J connectivity index is -0.000000176. The summed E-state index contributed by atoms with van der Waals surface area (Å²) in [5.41, 5.74) is 0. The lowest BCUT2D eigenvalue weighted by molar-refractivity contribution is 0.407. The van der Waals surface area contributed by atoms with Gasteiger partial charge in [-0.25, -0.2) is 0 Å². The first-order valence-electron chi connectivity index (χ1n) is 6.26. The summed E-state index contributed by atoms with van der Waals surface area (Å²) in [6, 6.07) is 0. The van der Waals surface area contributed by atoms with Gasteiger partial charge < -0.3 is 0 Å². The fraction of sp³-hybridized carbons (Fsp3) is 1.00. The Morgan fingerprint density at radius 1 is 1.00 bits per heavy atom. The highest BCUT2D eigenvalue weighted by Gasteiger charge is 2.20. The molecule has 1 saturated carbocycles. The van der Waals surface area contributed by atoms with Crippen LogP contribution in [-0.4, -0.2) is 0 Å². The van der Waals surface area contributed by atoms with Gasteiger partial charge in [-0.2, -0.15) is 0 Å². The summed E-state index contributed by atoms with van der Waals surface area (Å²) in [5.74, 6) is 2.09. The van der Waals surface area contributed by atoms with E-state index in [0.717, 1.165) is 11.8 Å². The zero-order valence-corrected chi connectivity index (χ0v) is 10.7. The van der Waals surface area contributed by atoms with E-state index in [0.29, 0.717) is 0 Å². The van der Waals surface area contributed by atoms with E-state index in [1.54, 1.807) is 0 Å². The monoisotopic (exact) mass is 202 g/mol. The van der Waals surface area contributed by atoms with Gasteiger partial charge in [-0.05, 0) is 11.8 Å². The van der Waals surface area contributed by atoms with Gasteiger partial charge in [0.2, 0.25) is 0 Å². The zero-order valence-electron chi connectivity index (χ0n) is 10.7. The predicted octanol–water partition coefficient (Wildman–Crippen LogP) is 5.91. The average molecular weight is 202 g/mol. The van der Waals surface area contributed by atoms with Crippen molar-refractivity contribution < 1.29 is 0 Å². The van der Waals surface area contributed by atoms with E-state index in [-0.39, 0.29) is 7.43 Å². The minimum absolute atomic E-state index is 0. The molecule has 2 unspecified atom stereocenters. The van der Waals surface area contributed by atoms with Crippen LogP contribution in [0.2, 0.25) is 0 Å². The maximum Gasteiger partial charge on any atom is -0.0391 e. The third kappa shape index (κ3) is 10.1. The van der Waals surface area contributed by atoms with Gasteiger partial charge >= 0.3 is 0 Å². The number of rotatable bonds is 1. The topological polar surface area (TPSA) is 0 Å². The summed E-state index contributed by atoms with van der Waals surface area (Å²) >= 11 is 0. The molecule has 0 heteroatoms. The largest absolute Gasteiger partial charge is 0.0776 e. The second-order valence-electron chi connectivity index (χ2n) is 3.78. The van der Waals surface area contributed by atoms with Crippen LogP contribution in [0.25, 0.3) is 0 Å². The van der Waals surface area contributed by atoms with Crippen molar-refractivity contribution in [1.29, 1.82) is 0 Å². The van der Waals surface area contributed by atoms with Gasteiger partial charge in [0, 0.05) is 0 Å². The number of hydrogen-bond acceptors (Lipinski definition) is 0. The molecule has 0 saturated heterocycles. The second kappa shape index (κ2) is 15.5. The molecule has 14 heavy (non-hydrogen) atoms. The molecule has 0 aliphatic heterocycles. The molecule has 0 amide bonds. The first-order chi connectivity index (χ1) is 6.26. The Morgan fingerprint density at radius 2 is 1.43 bits per heavy atom. The van der Waals surface area contributed by atoms with Crippen molar-refractivity contribution in [1.82, 2.24) is 0 Å². The van der Waals surface area contributed by atoms with E-state index in [4.69, 9.17) is 0 Å². The quantitative estimate of drug-likeness (QED) is 0.496. The van der Waals surface area contributed by atoms with Gasteiger partial charge in [0.25, 0.3) is 0 Å². The van der Waals surface area contributed by atoms with Crippen molar-refractivity contribution in [2.45, 2.75) is 81.1 Å². The molecule has 0 bridgehead atoms. The molecule has 0 radical (unpaired) electrons. The summed E-state index contributed by atoms with van der Waals surface area (Å²) < 4.78 is 0. The highest BCUT2D eigenvalue weighted by Crippen LogP contribution is 2.32. The van der Waals surface area contributed by atoms with Crippen LogP contribution in [0.4, 0.5) is 0 Å². The van der Waals surface area contributed by atoms with Crippen LogP contribution in [0.15, 0.2) is 0 Å². The summed E-state index contributed by atoms with van der Waals surface area (Å²) in [4.78, 5) is 0. The lowest BCUT2D eigenvalue weighted by Crippen LogP contribution is -2.00. The maximum absolute atomic E-state index is 2.39. The molecule has 2 atom stereocenters. The van der Waals surface area contributed by atoms with Crippen molar-refractivity contribution in [2.24, 2.45) is 11.8 Å². The van der Waals surface area contributed by atoms with E-state index < -0.39 is 0 Å². The molecule has 1 fully saturated rings. The Bertz CT molecular complexity index is 76.1. The summed E-state index contributed by atoms with van der Waals surface area (Å²) in [6.07, 6.45) is 7.12. The molecule has 0 aromatic carbocycles. The van der Waals surface area contributed by atoms with Crippen LogP contribution >= 0.6 is 0 Å². The Morgan fingerprint density at radius 3 is 1.57 bits per heavy atom. The van der Waals surface area contributed by atoms with Gasteiger partial charge in [0.05, 0.1) is 0 Å². The van der Waals surface area contributed by atoms with Gasteiger partial charge in [0.1, 0.15) is 0 Å². The zero-order chi connectivity index (χ0) is 10.7. The normalized spacial score (nSPS) is 23.6. The van der Waals surface area contributed by atoms with E-state index in [1.807, 2.05) is 13.8 Å². The van der Waals surface area contributed by atoms with Gasteiger partial charge in [-0.1, -0.05) is 81.1 Å². The first kappa shape index (κ1) is 19.6. The molecule has 1 rings (SSSR count). The molecule has 1 aliphatic carbocycles. The standard InChI is InChI=1S/C8H16.C3H8.C2H6.CH4/c1-3-8-6-4-5-7(8)2;1-3-2;1-2;/h7-8H,3-6H2,1-2H3;3H2,1-2H3;1-2H3;1H4. The second-order valence-corrected chi connectivity index (χ2v) is 3.78. The van der Waals surface area contributed by atoms with Crippen LogP contribution < -0.4 is 0 Å². The van der Waals surface area contributed by atoms with Crippen molar-refractivity contribution in [3.8, 4) is 0 Å².